The molecule has 0 saturated carbocycles. The Balaban J connectivity index is 2.59. The summed E-state index contributed by atoms with van der Waals surface area (Å²) in [6, 6.07) is 8.22. The maximum atomic E-state index is 5.61. The van der Waals surface area contributed by atoms with Gasteiger partial charge in [0.15, 0.2) is 0 Å². The van der Waals surface area contributed by atoms with E-state index in [4.69, 9.17) is 4.74 Å². The van der Waals surface area contributed by atoms with Gasteiger partial charge in [0.2, 0.25) is 0 Å². The first-order valence-electron chi connectivity index (χ1n) is 5.18. The lowest BCUT2D eigenvalue weighted by Gasteiger charge is -2.10. The molecule has 78 valence electrons. The Morgan fingerprint density at radius 3 is 2.79 bits per heavy atom. The number of hydrogen-bond donors (Lipinski definition) is 1. The Morgan fingerprint density at radius 1 is 1.36 bits per heavy atom. The van der Waals surface area contributed by atoms with E-state index in [9.17, 15) is 0 Å². The summed E-state index contributed by atoms with van der Waals surface area (Å²) in [4.78, 5) is 0. The van der Waals surface area contributed by atoms with E-state index in [2.05, 4.69) is 24.4 Å². The Kier molecular flexibility index (Phi) is 4.47. The molecular weight excluding hydrogens is 174 g/mol. The van der Waals surface area contributed by atoms with Crippen LogP contribution in [0, 0.1) is 0 Å². The van der Waals surface area contributed by atoms with Crippen molar-refractivity contribution < 1.29 is 4.74 Å². The molecule has 2 nitrogen and oxygen atoms in total. The van der Waals surface area contributed by atoms with E-state index in [1.54, 1.807) is 0 Å². The molecule has 1 N–H and O–H groups in total. The van der Waals surface area contributed by atoms with Gasteiger partial charge in [-0.2, -0.15) is 0 Å². The molecule has 0 radical (unpaired) electrons. The van der Waals surface area contributed by atoms with Gasteiger partial charge in [0.25, 0.3) is 0 Å². The Hall–Kier alpha value is -1.02. The van der Waals surface area contributed by atoms with Crippen LogP contribution in [0.4, 0.5) is 0 Å². The van der Waals surface area contributed by atoms with Crippen LogP contribution in [0.3, 0.4) is 0 Å². The molecule has 0 saturated heterocycles. The van der Waals surface area contributed by atoms with Crippen molar-refractivity contribution in [2.75, 3.05) is 6.54 Å². The number of ether oxygens (including phenoxy) is 1. The van der Waals surface area contributed by atoms with Gasteiger partial charge in [0, 0.05) is 6.54 Å². The summed E-state index contributed by atoms with van der Waals surface area (Å²) in [7, 11) is 0. The topological polar surface area (TPSA) is 21.3 Å². The fourth-order valence-corrected chi connectivity index (χ4v) is 1.27. The smallest absolute Gasteiger partial charge is 0.120 e. The van der Waals surface area contributed by atoms with Gasteiger partial charge in [0.1, 0.15) is 5.75 Å². The molecule has 0 bridgehead atoms. The second-order valence-electron chi connectivity index (χ2n) is 3.59. The maximum absolute atomic E-state index is 5.61. The van der Waals surface area contributed by atoms with Crippen LogP contribution in [0.1, 0.15) is 26.3 Å². The van der Waals surface area contributed by atoms with Gasteiger partial charge in [-0.15, -0.1) is 0 Å². The standard InChI is InChI=1S/C12H19NO/c1-4-13-9-11-6-5-7-12(8-11)14-10(2)3/h5-8,10,13H,4,9H2,1-3H3. The third-order valence-corrected chi connectivity index (χ3v) is 1.85. The van der Waals surface area contributed by atoms with Gasteiger partial charge >= 0.3 is 0 Å². The molecule has 0 heterocycles. The van der Waals surface area contributed by atoms with Crippen molar-refractivity contribution in [1.29, 1.82) is 0 Å². The van der Waals surface area contributed by atoms with Crippen molar-refractivity contribution in [3.63, 3.8) is 0 Å². The lowest BCUT2D eigenvalue weighted by molar-refractivity contribution is 0.242. The zero-order valence-electron chi connectivity index (χ0n) is 9.21. The van der Waals surface area contributed by atoms with Crippen molar-refractivity contribution in [2.24, 2.45) is 0 Å². The first-order valence-corrected chi connectivity index (χ1v) is 5.18. The number of rotatable bonds is 5. The second-order valence-corrected chi connectivity index (χ2v) is 3.59. The summed E-state index contributed by atoms with van der Waals surface area (Å²) >= 11 is 0. The van der Waals surface area contributed by atoms with Crippen molar-refractivity contribution >= 4 is 0 Å². The third-order valence-electron chi connectivity index (χ3n) is 1.85. The minimum Gasteiger partial charge on any atom is -0.491 e. The summed E-state index contributed by atoms with van der Waals surface area (Å²) < 4.78 is 5.61. The van der Waals surface area contributed by atoms with Crippen LogP contribution in [0.2, 0.25) is 0 Å². The van der Waals surface area contributed by atoms with Gasteiger partial charge in [-0.25, -0.2) is 0 Å². The van der Waals surface area contributed by atoms with E-state index < -0.39 is 0 Å². The average molecular weight is 193 g/mol. The van der Waals surface area contributed by atoms with Crippen LogP contribution >= 0.6 is 0 Å². The van der Waals surface area contributed by atoms with Crippen LogP contribution in [0.5, 0.6) is 5.75 Å². The highest BCUT2D eigenvalue weighted by Gasteiger charge is 1.98. The SMILES string of the molecule is CCNCc1cccc(OC(C)C)c1. The summed E-state index contributed by atoms with van der Waals surface area (Å²) in [6.07, 6.45) is 0.240. The highest BCUT2D eigenvalue weighted by atomic mass is 16.5. The monoisotopic (exact) mass is 193 g/mol. The number of benzene rings is 1. The summed E-state index contributed by atoms with van der Waals surface area (Å²) in [5.41, 5.74) is 1.27. The molecule has 0 spiro atoms. The van der Waals surface area contributed by atoms with Crippen molar-refractivity contribution in [3.05, 3.63) is 29.8 Å². The quantitative estimate of drug-likeness (QED) is 0.776. The highest BCUT2D eigenvalue weighted by molar-refractivity contribution is 5.28. The number of nitrogens with one attached hydrogen (secondary N) is 1. The Bertz CT molecular complexity index is 271. The van der Waals surface area contributed by atoms with Crippen LogP contribution < -0.4 is 10.1 Å². The second kappa shape index (κ2) is 5.66. The van der Waals surface area contributed by atoms with Gasteiger partial charge in [0.05, 0.1) is 6.10 Å². The molecule has 2 heteroatoms. The third kappa shape index (κ3) is 3.79. The summed E-state index contributed by atoms with van der Waals surface area (Å²) in [5, 5.41) is 3.29. The molecule has 1 rings (SSSR count). The van der Waals surface area contributed by atoms with E-state index >= 15 is 0 Å². The predicted octanol–water partition coefficient (Wildman–Crippen LogP) is 2.58. The molecule has 0 aromatic heterocycles. The fraction of sp³-hybridized carbons (Fsp3) is 0.500. The zero-order valence-corrected chi connectivity index (χ0v) is 9.21. The Labute approximate surface area is 86.3 Å². The van der Waals surface area contributed by atoms with Gasteiger partial charge in [-0.3, -0.25) is 0 Å². The van der Waals surface area contributed by atoms with Crippen molar-refractivity contribution in [3.8, 4) is 5.75 Å². The normalized spacial score (nSPS) is 10.6. The molecule has 1 aromatic rings. The minimum atomic E-state index is 0.240. The highest BCUT2D eigenvalue weighted by Crippen LogP contribution is 2.14. The van der Waals surface area contributed by atoms with E-state index in [0.717, 1.165) is 18.8 Å². The molecule has 0 aliphatic heterocycles. The first-order chi connectivity index (χ1) is 6.72. The Morgan fingerprint density at radius 2 is 2.14 bits per heavy atom. The number of hydrogen-bond acceptors (Lipinski definition) is 2. The van der Waals surface area contributed by atoms with Crippen molar-refractivity contribution in [1.82, 2.24) is 5.32 Å². The molecular formula is C12H19NO. The molecule has 0 aliphatic rings. The van der Waals surface area contributed by atoms with E-state index in [0.29, 0.717) is 0 Å². The molecule has 0 fully saturated rings. The van der Waals surface area contributed by atoms with E-state index in [1.165, 1.54) is 5.56 Å². The molecule has 0 unspecified atom stereocenters. The molecule has 14 heavy (non-hydrogen) atoms. The largest absolute Gasteiger partial charge is 0.491 e. The fourth-order valence-electron chi connectivity index (χ4n) is 1.27. The minimum absolute atomic E-state index is 0.240. The molecule has 1 aromatic carbocycles. The molecule has 0 atom stereocenters. The molecule has 0 amide bonds. The van der Waals surface area contributed by atoms with Gasteiger partial charge in [-0.05, 0) is 38.1 Å². The van der Waals surface area contributed by atoms with Crippen LogP contribution in [-0.4, -0.2) is 12.6 Å². The summed E-state index contributed by atoms with van der Waals surface area (Å²) in [5.74, 6) is 0.954. The van der Waals surface area contributed by atoms with Crippen LogP contribution in [-0.2, 0) is 6.54 Å². The first kappa shape index (κ1) is 11.1. The van der Waals surface area contributed by atoms with Crippen LogP contribution in [0.25, 0.3) is 0 Å². The van der Waals surface area contributed by atoms with Gasteiger partial charge in [-0.1, -0.05) is 19.1 Å². The van der Waals surface area contributed by atoms with Crippen molar-refractivity contribution in [2.45, 2.75) is 33.4 Å². The predicted molar refractivity (Wildman–Crippen MR) is 59.6 cm³/mol. The molecule has 0 aliphatic carbocycles. The van der Waals surface area contributed by atoms with Crippen LogP contribution in [0.15, 0.2) is 24.3 Å². The van der Waals surface area contributed by atoms with E-state index in [-0.39, 0.29) is 6.10 Å². The lowest BCUT2D eigenvalue weighted by atomic mass is 10.2. The summed E-state index contributed by atoms with van der Waals surface area (Å²) in [6.45, 7) is 8.09. The van der Waals surface area contributed by atoms with E-state index in [1.807, 2.05) is 26.0 Å². The lowest BCUT2D eigenvalue weighted by Crippen LogP contribution is -2.12. The zero-order chi connectivity index (χ0) is 10.4. The van der Waals surface area contributed by atoms with Gasteiger partial charge < -0.3 is 10.1 Å². The maximum Gasteiger partial charge on any atom is 0.120 e. The average Bonchev–Trinajstić information content (AvgIpc) is 2.14.